The molecule has 0 aromatic rings. The molecule has 37 heavy (non-hydrogen) atoms. The smallest absolute Gasteiger partial charge is 0.306 e. The second-order valence-corrected chi connectivity index (χ2v) is 14.5. The lowest BCUT2D eigenvalue weighted by molar-refractivity contribution is -0.150. The molecule has 0 N–H and O–H groups in total. The van der Waals surface area contributed by atoms with E-state index in [0.29, 0.717) is 11.8 Å². The monoisotopic (exact) mass is 512 g/mol. The van der Waals surface area contributed by atoms with E-state index in [4.69, 9.17) is 4.74 Å². The van der Waals surface area contributed by atoms with Crippen molar-refractivity contribution in [3.8, 4) is 0 Å². The molecule has 0 aromatic heterocycles. The van der Waals surface area contributed by atoms with Gasteiger partial charge in [-0.3, -0.25) is 4.79 Å². The molecule has 3 fully saturated rings. The van der Waals surface area contributed by atoms with Crippen molar-refractivity contribution >= 4 is 5.97 Å². The van der Waals surface area contributed by atoms with Gasteiger partial charge in [-0.1, -0.05) is 97.6 Å². The fraction of sp³-hybridized carbons (Fsp3) is 0.914. The molecule has 0 heterocycles. The van der Waals surface area contributed by atoms with Crippen LogP contribution in [0.5, 0.6) is 0 Å². The van der Waals surface area contributed by atoms with Crippen LogP contribution in [0.3, 0.4) is 0 Å². The van der Waals surface area contributed by atoms with Crippen LogP contribution >= 0.6 is 0 Å². The van der Waals surface area contributed by atoms with E-state index < -0.39 is 0 Å². The van der Waals surface area contributed by atoms with Crippen LogP contribution in [0.15, 0.2) is 11.6 Å². The molecule has 2 nitrogen and oxygen atoms in total. The standard InChI is InChI=1S/C35H60O2/c1-6-7-8-9-10-11-15-34(36)37-28-17-19-29-27(24-28)16-18-31-30(29)22-23-35(5)32(20-21-33(31)35)26(4)14-12-13-25(2)3/h16,25-26,28-33H,6-15,17-24H2,1-5H3/t26-,28+,29+,30-,31-,32-,33+,35-/m1/s1. The lowest BCUT2D eigenvalue weighted by Crippen LogP contribution is -2.47. The Morgan fingerprint density at radius 1 is 0.946 bits per heavy atom. The van der Waals surface area contributed by atoms with E-state index in [1.165, 1.54) is 89.9 Å². The van der Waals surface area contributed by atoms with Crippen molar-refractivity contribution in [2.45, 2.75) is 156 Å². The Bertz CT molecular complexity index is 752. The summed E-state index contributed by atoms with van der Waals surface area (Å²) in [7, 11) is 0. The van der Waals surface area contributed by atoms with E-state index in [-0.39, 0.29) is 12.1 Å². The molecule has 212 valence electrons. The van der Waals surface area contributed by atoms with Gasteiger partial charge in [-0.2, -0.15) is 0 Å². The van der Waals surface area contributed by atoms with Crippen LogP contribution in [0, 0.1) is 46.8 Å². The molecule has 0 spiro atoms. The molecule has 4 aliphatic rings. The maximum Gasteiger partial charge on any atom is 0.306 e. The summed E-state index contributed by atoms with van der Waals surface area (Å²) in [5, 5.41) is 0. The highest BCUT2D eigenvalue weighted by atomic mass is 16.5. The van der Waals surface area contributed by atoms with Gasteiger partial charge in [0.2, 0.25) is 0 Å². The number of hydrogen-bond donors (Lipinski definition) is 0. The molecule has 8 atom stereocenters. The van der Waals surface area contributed by atoms with Gasteiger partial charge in [0.25, 0.3) is 0 Å². The summed E-state index contributed by atoms with van der Waals surface area (Å²) < 4.78 is 6.00. The normalized spacial score (nSPS) is 35.9. The minimum atomic E-state index is 0.0566. The number of esters is 1. The lowest BCUT2D eigenvalue weighted by atomic mass is 9.51. The Morgan fingerprint density at radius 2 is 1.73 bits per heavy atom. The van der Waals surface area contributed by atoms with Crippen LogP contribution in [0.4, 0.5) is 0 Å². The largest absolute Gasteiger partial charge is 0.462 e. The predicted molar refractivity (Wildman–Crippen MR) is 156 cm³/mol. The Balaban J connectivity index is 1.27. The summed E-state index contributed by atoms with van der Waals surface area (Å²) in [6.07, 6.45) is 25.5. The van der Waals surface area contributed by atoms with Gasteiger partial charge in [0.1, 0.15) is 6.10 Å². The molecule has 2 heteroatoms. The summed E-state index contributed by atoms with van der Waals surface area (Å²) in [5.74, 6) is 6.26. The Hall–Kier alpha value is -0.790. The quantitative estimate of drug-likeness (QED) is 0.139. The third-order valence-corrected chi connectivity index (χ3v) is 11.6. The number of allylic oxidation sites excluding steroid dienone is 1. The molecule has 3 saturated carbocycles. The van der Waals surface area contributed by atoms with Crippen molar-refractivity contribution < 1.29 is 9.53 Å². The van der Waals surface area contributed by atoms with Gasteiger partial charge in [0.15, 0.2) is 0 Å². The highest BCUT2D eigenvalue weighted by Crippen LogP contribution is 2.64. The van der Waals surface area contributed by atoms with Crippen LogP contribution in [0.1, 0.15) is 150 Å². The molecule has 0 saturated heterocycles. The van der Waals surface area contributed by atoms with E-state index in [1.54, 1.807) is 5.57 Å². The molecule has 0 bridgehead atoms. The minimum Gasteiger partial charge on any atom is -0.462 e. The highest BCUT2D eigenvalue weighted by Gasteiger charge is 2.56. The zero-order valence-corrected chi connectivity index (χ0v) is 25.2. The van der Waals surface area contributed by atoms with Crippen molar-refractivity contribution in [2.24, 2.45) is 46.8 Å². The first-order chi connectivity index (χ1) is 17.8. The summed E-state index contributed by atoms with van der Waals surface area (Å²) in [4.78, 5) is 12.5. The van der Waals surface area contributed by atoms with Crippen LogP contribution < -0.4 is 0 Å². The predicted octanol–water partition coefficient (Wildman–Crippen LogP) is 10.3. The fourth-order valence-electron chi connectivity index (χ4n) is 9.65. The van der Waals surface area contributed by atoms with Gasteiger partial charge in [-0.05, 0) is 98.2 Å². The second kappa shape index (κ2) is 13.5. The average Bonchev–Trinajstić information content (AvgIpc) is 3.23. The zero-order valence-electron chi connectivity index (χ0n) is 25.2. The first-order valence-electron chi connectivity index (χ1n) is 16.7. The summed E-state index contributed by atoms with van der Waals surface area (Å²) in [5.41, 5.74) is 2.23. The lowest BCUT2D eigenvalue weighted by Gasteiger charge is -2.54. The number of carbonyl (C=O) groups excluding carboxylic acids is 1. The fourth-order valence-corrected chi connectivity index (χ4v) is 9.65. The van der Waals surface area contributed by atoms with E-state index in [0.717, 1.165) is 60.7 Å². The van der Waals surface area contributed by atoms with Gasteiger partial charge < -0.3 is 4.74 Å². The maximum absolute atomic E-state index is 12.5. The highest BCUT2D eigenvalue weighted by molar-refractivity contribution is 5.69. The van der Waals surface area contributed by atoms with Crippen LogP contribution in [-0.2, 0) is 9.53 Å². The topological polar surface area (TPSA) is 26.3 Å². The third kappa shape index (κ3) is 7.05. The Kier molecular flexibility index (Phi) is 10.7. The van der Waals surface area contributed by atoms with Crippen molar-refractivity contribution in [3.05, 3.63) is 11.6 Å². The minimum absolute atomic E-state index is 0.0566. The molecule has 0 aliphatic heterocycles. The zero-order chi connectivity index (χ0) is 26.4. The number of fused-ring (bicyclic) bond motifs is 5. The molecule has 0 amide bonds. The van der Waals surface area contributed by atoms with Gasteiger partial charge in [0, 0.05) is 12.8 Å². The second-order valence-electron chi connectivity index (χ2n) is 14.5. The van der Waals surface area contributed by atoms with Crippen LogP contribution in [-0.4, -0.2) is 12.1 Å². The summed E-state index contributed by atoms with van der Waals surface area (Å²) >= 11 is 0. The molecule has 0 unspecified atom stereocenters. The van der Waals surface area contributed by atoms with E-state index in [9.17, 15) is 4.79 Å². The molecule has 4 aliphatic carbocycles. The van der Waals surface area contributed by atoms with E-state index in [2.05, 4.69) is 40.7 Å². The number of rotatable bonds is 13. The molecular formula is C35H60O2. The maximum atomic E-state index is 12.5. The first-order valence-corrected chi connectivity index (χ1v) is 16.7. The number of unbranched alkanes of at least 4 members (excludes halogenated alkanes) is 5. The molecule has 4 rings (SSSR count). The third-order valence-electron chi connectivity index (χ3n) is 11.6. The Morgan fingerprint density at radius 3 is 2.51 bits per heavy atom. The summed E-state index contributed by atoms with van der Waals surface area (Å²) in [6.45, 7) is 12.3. The number of hydrogen-bond acceptors (Lipinski definition) is 2. The van der Waals surface area contributed by atoms with Crippen LogP contribution in [0.2, 0.25) is 0 Å². The van der Waals surface area contributed by atoms with Crippen molar-refractivity contribution in [1.29, 1.82) is 0 Å². The average molecular weight is 513 g/mol. The summed E-state index contributed by atoms with van der Waals surface area (Å²) in [6, 6.07) is 0. The SMILES string of the molecule is CCCCCCCCC(=O)O[C@H]1CC[C@H]2C(=CC[C@@H]3[C@@H]2CC[C@]2(C)[C@@H]([C@H](C)CCCC(C)C)CC[C@@H]32)C1. The van der Waals surface area contributed by atoms with Gasteiger partial charge >= 0.3 is 5.97 Å². The van der Waals surface area contributed by atoms with Crippen molar-refractivity contribution in [3.63, 3.8) is 0 Å². The first kappa shape index (κ1) is 29.2. The number of ether oxygens (including phenoxy) is 1. The van der Waals surface area contributed by atoms with E-state index in [1.807, 2.05) is 0 Å². The van der Waals surface area contributed by atoms with Crippen LogP contribution in [0.25, 0.3) is 0 Å². The van der Waals surface area contributed by atoms with Crippen molar-refractivity contribution in [2.75, 3.05) is 0 Å². The number of carbonyl (C=O) groups is 1. The van der Waals surface area contributed by atoms with Crippen molar-refractivity contribution in [1.82, 2.24) is 0 Å². The van der Waals surface area contributed by atoms with Gasteiger partial charge in [-0.15, -0.1) is 0 Å². The van der Waals surface area contributed by atoms with Gasteiger partial charge in [-0.25, -0.2) is 0 Å². The molecule has 0 radical (unpaired) electrons. The van der Waals surface area contributed by atoms with E-state index >= 15 is 0 Å². The molecule has 0 aromatic carbocycles. The van der Waals surface area contributed by atoms with Gasteiger partial charge in [0.05, 0.1) is 0 Å². The Labute approximate surface area is 230 Å². The molecular weight excluding hydrogens is 452 g/mol.